The first-order valence-electron chi connectivity index (χ1n) is 5.08. The fourth-order valence-corrected chi connectivity index (χ4v) is 2.19. The van der Waals surface area contributed by atoms with Gasteiger partial charge in [-0.1, -0.05) is 30.3 Å². The Morgan fingerprint density at radius 1 is 1.20 bits per heavy atom. The van der Waals surface area contributed by atoms with Crippen molar-refractivity contribution >= 4 is 23.4 Å². The van der Waals surface area contributed by atoms with Gasteiger partial charge in [-0.25, -0.2) is 0 Å². The summed E-state index contributed by atoms with van der Waals surface area (Å²) in [5.74, 6) is 0. The van der Waals surface area contributed by atoms with Gasteiger partial charge >= 0.3 is 0 Å². The molecular formula is C11H14Cl2N2. The number of nitrogens with zero attached hydrogens (tertiary/aromatic N) is 2. The molecule has 1 aliphatic heterocycles. The molecule has 2 rings (SSSR count). The van der Waals surface area contributed by atoms with Crippen molar-refractivity contribution in [2.24, 2.45) is 0 Å². The summed E-state index contributed by atoms with van der Waals surface area (Å²) < 4.78 is 1.67. The van der Waals surface area contributed by atoms with E-state index >= 15 is 0 Å². The van der Waals surface area contributed by atoms with Crippen LogP contribution in [0.2, 0.25) is 0 Å². The van der Waals surface area contributed by atoms with Crippen LogP contribution in [0.3, 0.4) is 0 Å². The number of rotatable bonds is 2. The molecule has 0 aliphatic carbocycles. The van der Waals surface area contributed by atoms with E-state index in [1.165, 1.54) is 5.56 Å². The van der Waals surface area contributed by atoms with E-state index in [0.717, 1.165) is 26.2 Å². The lowest BCUT2D eigenvalue weighted by Crippen LogP contribution is -2.46. The van der Waals surface area contributed by atoms with Gasteiger partial charge in [-0.3, -0.25) is 4.90 Å². The van der Waals surface area contributed by atoms with E-state index in [9.17, 15) is 0 Å². The fraction of sp³-hybridized carbons (Fsp3) is 0.455. The number of alkyl halides is 1. The van der Waals surface area contributed by atoms with Gasteiger partial charge in [0.05, 0.1) is 0 Å². The molecule has 1 aromatic carbocycles. The van der Waals surface area contributed by atoms with Crippen LogP contribution >= 0.6 is 23.4 Å². The summed E-state index contributed by atoms with van der Waals surface area (Å²) in [5.41, 5.74) is 1.24. The van der Waals surface area contributed by atoms with Crippen molar-refractivity contribution in [3.05, 3.63) is 35.9 Å². The van der Waals surface area contributed by atoms with Crippen LogP contribution in [0.1, 0.15) is 5.56 Å². The molecule has 0 radical (unpaired) electrons. The molecular weight excluding hydrogens is 231 g/mol. The Kier molecular flexibility index (Phi) is 3.87. The zero-order valence-electron chi connectivity index (χ0n) is 8.44. The Labute approximate surface area is 100 Å². The molecule has 1 atom stereocenters. The second kappa shape index (κ2) is 5.17. The lowest BCUT2D eigenvalue weighted by molar-refractivity contribution is 0.168. The van der Waals surface area contributed by atoms with Crippen LogP contribution in [-0.2, 0) is 6.54 Å². The molecule has 0 saturated carbocycles. The third kappa shape index (κ3) is 3.08. The van der Waals surface area contributed by atoms with Gasteiger partial charge in [-0.05, 0) is 17.3 Å². The highest BCUT2D eigenvalue weighted by molar-refractivity contribution is 6.25. The highest BCUT2D eigenvalue weighted by Gasteiger charge is 2.23. The quantitative estimate of drug-likeness (QED) is 0.449. The second-order valence-electron chi connectivity index (χ2n) is 3.78. The lowest BCUT2D eigenvalue weighted by atomic mass is 10.2. The van der Waals surface area contributed by atoms with Gasteiger partial charge in [0.1, 0.15) is 5.50 Å². The summed E-state index contributed by atoms with van der Waals surface area (Å²) in [4.78, 5) is 2.33. The first-order valence-corrected chi connectivity index (χ1v) is 5.86. The number of piperazine rings is 1. The van der Waals surface area contributed by atoms with Crippen molar-refractivity contribution in [2.75, 3.05) is 19.6 Å². The minimum Gasteiger partial charge on any atom is -0.295 e. The summed E-state index contributed by atoms with van der Waals surface area (Å²) in [7, 11) is 0. The maximum absolute atomic E-state index is 6.08. The second-order valence-corrected chi connectivity index (χ2v) is 4.72. The molecule has 82 valence electrons. The van der Waals surface area contributed by atoms with Crippen LogP contribution in [0.4, 0.5) is 0 Å². The number of benzene rings is 1. The van der Waals surface area contributed by atoms with Crippen LogP contribution in [0.25, 0.3) is 0 Å². The molecule has 1 aromatic rings. The van der Waals surface area contributed by atoms with Gasteiger partial charge in [-0.15, -0.1) is 11.6 Å². The zero-order valence-corrected chi connectivity index (χ0v) is 9.95. The largest absolute Gasteiger partial charge is 0.295 e. The van der Waals surface area contributed by atoms with Gasteiger partial charge in [0.2, 0.25) is 0 Å². The van der Waals surface area contributed by atoms with Crippen molar-refractivity contribution in [1.82, 2.24) is 9.32 Å². The van der Waals surface area contributed by atoms with Gasteiger partial charge in [0.25, 0.3) is 0 Å². The summed E-state index contributed by atoms with van der Waals surface area (Å²) in [5, 5.41) is 0. The first kappa shape index (κ1) is 11.2. The average Bonchev–Trinajstić information content (AvgIpc) is 2.25. The smallest absolute Gasteiger partial charge is 0.112 e. The van der Waals surface area contributed by atoms with Gasteiger partial charge in [0.15, 0.2) is 0 Å². The predicted molar refractivity (Wildman–Crippen MR) is 63.9 cm³/mol. The van der Waals surface area contributed by atoms with Crippen LogP contribution in [0.15, 0.2) is 30.3 Å². The van der Waals surface area contributed by atoms with Crippen molar-refractivity contribution in [3.8, 4) is 0 Å². The molecule has 0 aromatic heterocycles. The van der Waals surface area contributed by atoms with E-state index < -0.39 is 0 Å². The molecule has 1 heterocycles. The number of hydrogen-bond acceptors (Lipinski definition) is 2. The minimum absolute atomic E-state index is 0.0795. The van der Waals surface area contributed by atoms with E-state index in [1.54, 1.807) is 4.42 Å². The molecule has 1 fully saturated rings. The summed E-state index contributed by atoms with van der Waals surface area (Å²) >= 11 is 12.0. The van der Waals surface area contributed by atoms with E-state index in [2.05, 4.69) is 29.2 Å². The van der Waals surface area contributed by atoms with Crippen LogP contribution < -0.4 is 0 Å². The SMILES string of the molecule is ClC1CN(Cc2ccccc2)CCN1Cl. The third-order valence-electron chi connectivity index (χ3n) is 2.59. The summed E-state index contributed by atoms with van der Waals surface area (Å²) in [6, 6.07) is 10.4. The Balaban J connectivity index is 1.91. The zero-order chi connectivity index (χ0) is 10.7. The molecule has 0 bridgehead atoms. The molecule has 1 aliphatic rings. The monoisotopic (exact) mass is 244 g/mol. The molecule has 15 heavy (non-hydrogen) atoms. The van der Waals surface area contributed by atoms with E-state index in [4.69, 9.17) is 23.4 Å². The van der Waals surface area contributed by atoms with Gasteiger partial charge in [-0.2, -0.15) is 4.42 Å². The van der Waals surface area contributed by atoms with Gasteiger partial charge < -0.3 is 0 Å². The van der Waals surface area contributed by atoms with E-state index in [1.807, 2.05) is 6.07 Å². The van der Waals surface area contributed by atoms with Gasteiger partial charge in [0, 0.05) is 26.2 Å². The Bertz CT molecular complexity index is 305. The maximum Gasteiger partial charge on any atom is 0.112 e. The van der Waals surface area contributed by atoms with Crippen molar-refractivity contribution < 1.29 is 0 Å². The molecule has 0 spiro atoms. The van der Waals surface area contributed by atoms with Crippen molar-refractivity contribution in [3.63, 3.8) is 0 Å². The molecule has 1 unspecified atom stereocenters. The van der Waals surface area contributed by atoms with Crippen LogP contribution in [0.5, 0.6) is 0 Å². The third-order valence-corrected chi connectivity index (χ3v) is 3.47. The highest BCUT2D eigenvalue weighted by atomic mass is 35.5. The number of hydrogen-bond donors (Lipinski definition) is 0. The lowest BCUT2D eigenvalue weighted by Gasteiger charge is -2.34. The standard InChI is InChI=1S/C11H14Cl2N2/c12-11-9-14(6-7-15(11)13)8-10-4-2-1-3-5-10/h1-5,11H,6-9H2. The fourth-order valence-electron chi connectivity index (χ4n) is 1.76. The van der Waals surface area contributed by atoms with Crippen LogP contribution in [0, 0.1) is 0 Å². The molecule has 4 heteroatoms. The Morgan fingerprint density at radius 2 is 1.93 bits per heavy atom. The van der Waals surface area contributed by atoms with Crippen LogP contribution in [-0.4, -0.2) is 34.5 Å². The Hall–Kier alpha value is -0.280. The van der Waals surface area contributed by atoms with Crippen molar-refractivity contribution in [2.45, 2.75) is 12.0 Å². The maximum atomic E-state index is 6.08. The molecule has 1 saturated heterocycles. The normalized spacial score (nSPS) is 24.3. The summed E-state index contributed by atoms with van der Waals surface area (Å²) in [6.07, 6.45) is 0. The molecule has 2 nitrogen and oxygen atoms in total. The topological polar surface area (TPSA) is 6.48 Å². The predicted octanol–water partition coefficient (Wildman–Crippen LogP) is 2.52. The number of halogens is 2. The first-order chi connectivity index (χ1) is 7.25. The van der Waals surface area contributed by atoms with Crippen molar-refractivity contribution in [1.29, 1.82) is 0 Å². The average molecular weight is 245 g/mol. The summed E-state index contributed by atoms with van der Waals surface area (Å²) in [6.45, 7) is 3.57. The van der Waals surface area contributed by atoms with E-state index in [-0.39, 0.29) is 5.50 Å². The van der Waals surface area contributed by atoms with E-state index in [0.29, 0.717) is 0 Å². The molecule has 0 amide bonds. The Morgan fingerprint density at radius 3 is 2.60 bits per heavy atom. The highest BCUT2D eigenvalue weighted by Crippen LogP contribution is 2.17. The molecule has 0 N–H and O–H groups in total. The minimum atomic E-state index is -0.0795.